The van der Waals surface area contributed by atoms with Crippen LogP contribution in [0.2, 0.25) is 0 Å². The van der Waals surface area contributed by atoms with Gasteiger partial charge >= 0.3 is 0 Å². The summed E-state index contributed by atoms with van der Waals surface area (Å²) in [5.41, 5.74) is 0.139. The van der Waals surface area contributed by atoms with Crippen molar-refractivity contribution < 1.29 is 9.31 Å². The molecule has 5 nitrogen and oxygen atoms in total. The largest absolute Gasteiger partial charge is 0.380 e. The molecule has 1 saturated heterocycles. The summed E-state index contributed by atoms with van der Waals surface area (Å²) in [6.07, 6.45) is 4.36. The molecular formula is C15H22FN3O2. The van der Waals surface area contributed by atoms with Gasteiger partial charge in [-0.05, 0) is 31.9 Å². The van der Waals surface area contributed by atoms with E-state index in [1.54, 1.807) is 0 Å². The van der Waals surface area contributed by atoms with Crippen LogP contribution in [-0.4, -0.2) is 35.5 Å². The van der Waals surface area contributed by atoms with Crippen molar-refractivity contribution in [2.24, 2.45) is 0 Å². The second kappa shape index (κ2) is 7.36. The van der Waals surface area contributed by atoms with Gasteiger partial charge < -0.3 is 10.2 Å². The zero-order valence-corrected chi connectivity index (χ0v) is 12.3. The molecule has 1 aromatic carbocycles. The molecule has 0 bridgehead atoms. The fourth-order valence-electron chi connectivity index (χ4n) is 2.64. The Morgan fingerprint density at radius 1 is 1.43 bits per heavy atom. The quantitative estimate of drug-likeness (QED) is 0.645. The van der Waals surface area contributed by atoms with Gasteiger partial charge in [-0.25, -0.2) is 4.39 Å². The number of likely N-dealkylation sites (tertiary alicyclic amines) is 1. The zero-order valence-electron chi connectivity index (χ0n) is 12.3. The van der Waals surface area contributed by atoms with E-state index in [2.05, 4.69) is 17.1 Å². The first-order valence-electron chi connectivity index (χ1n) is 7.53. The minimum Gasteiger partial charge on any atom is -0.380 e. The summed E-state index contributed by atoms with van der Waals surface area (Å²) in [5, 5.41) is 13.8. The van der Waals surface area contributed by atoms with E-state index in [0.29, 0.717) is 5.69 Å². The number of nitrogens with zero attached hydrogens (tertiary/aromatic N) is 2. The van der Waals surface area contributed by atoms with Gasteiger partial charge in [0.15, 0.2) is 5.82 Å². The van der Waals surface area contributed by atoms with Crippen molar-refractivity contribution >= 4 is 11.4 Å². The molecular weight excluding hydrogens is 273 g/mol. The monoisotopic (exact) mass is 295 g/mol. The second-order valence-corrected chi connectivity index (χ2v) is 5.54. The summed E-state index contributed by atoms with van der Waals surface area (Å²) in [4.78, 5) is 12.4. The normalized spacial score (nSPS) is 16.9. The molecule has 0 atom stereocenters. The average molecular weight is 295 g/mol. The Kier molecular flexibility index (Phi) is 5.50. The number of rotatable bonds is 6. The number of piperidine rings is 1. The highest BCUT2D eigenvalue weighted by Gasteiger charge is 2.20. The molecule has 0 aliphatic carbocycles. The van der Waals surface area contributed by atoms with E-state index < -0.39 is 10.7 Å². The number of nitro groups is 1. The topological polar surface area (TPSA) is 58.4 Å². The second-order valence-electron chi connectivity index (χ2n) is 5.54. The maximum absolute atomic E-state index is 13.8. The lowest BCUT2D eigenvalue weighted by Crippen LogP contribution is -2.39. The minimum atomic E-state index is -0.584. The maximum atomic E-state index is 13.8. The number of non-ortho nitro benzene ring substituents is 1. The van der Waals surface area contributed by atoms with Crippen LogP contribution < -0.4 is 5.32 Å². The highest BCUT2D eigenvalue weighted by atomic mass is 19.1. The van der Waals surface area contributed by atoms with Crippen molar-refractivity contribution in [3.05, 3.63) is 34.1 Å². The van der Waals surface area contributed by atoms with Crippen molar-refractivity contribution in [3.63, 3.8) is 0 Å². The SMILES string of the molecule is CCCCN1CCC(Nc2ccc([N+](=O)[O-])cc2F)CC1. The van der Waals surface area contributed by atoms with E-state index in [1.165, 1.54) is 25.0 Å². The smallest absolute Gasteiger partial charge is 0.272 e. The predicted octanol–water partition coefficient (Wildman–Crippen LogP) is 3.41. The van der Waals surface area contributed by atoms with E-state index in [0.717, 1.165) is 38.5 Å². The highest BCUT2D eigenvalue weighted by molar-refractivity contribution is 5.50. The number of hydrogen-bond donors (Lipinski definition) is 1. The van der Waals surface area contributed by atoms with Crippen LogP contribution in [-0.2, 0) is 0 Å². The molecule has 1 heterocycles. The Morgan fingerprint density at radius 3 is 2.71 bits per heavy atom. The Morgan fingerprint density at radius 2 is 2.14 bits per heavy atom. The van der Waals surface area contributed by atoms with Crippen molar-refractivity contribution in [2.45, 2.75) is 38.6 Å². The van der Waals surface area contributed by atoms with Crippen LogP contribution in [0.1, 0.15) is 32.6 Å². The fourth-order valence-corrected chi connectivity index (χ4v) is 2.64. The molecule has 1 aliphatic rings. The number of benzene rings is 1. The van der Waals surface area contributed by atoms with Crippen LogP contribution in [0.3, 0.4) is 0 Å². The minimum absolute atomic E-state index is 0.215. The first-order valence-corrected chi connectivity index (χ1v) is 7.53. The standard InChI is InChI=1S/C15H22FN3O2/c1-2-3-8-18-9-6-12(7-10-18)17-15-5-4-13(19(20)21)11-14(15)16/h4-5,11-12,17H,2-3,6-10H2,1H3. The van der Waals surface area contributed by atoms with Gasteiger partial charge in [0.2, 0.25) is 0 Å². The first-order chi connectivity index (χ1) is 10.1. The van der Waals surface area contributed by atoms with E-state index >= 15 is 0 Å². The molecule has 116 valence electrons. The summed E-state index contributed by atoms with van der Waals surface area (Å²) in [6.45, 7) is 5.36. The van der Waals surface area contributed by atoms with Gasteiger partial charge in [-0.1, -0.05) is 13.3 Å². The lowest BCUT2D eigenvalue weighted by atomic mass is 10.0. The van der Waals surface area contributed by atoms with Gasteiger partial charge in [0.25, 0.3) is 5.69 Å². The molecule has 1 aliphatic heterocycles. The number of anilines is 1. The van der Waals surface area contributed by atoms with Crippen LogP contribution in [0.4, 0.5) is 15.8 Å². The van der Waals surface area contributed by atoms with Crippen LogP contribution in [0.15, 0.2) is 18.2 Å². The molecule has 0 saturated carbocycles. The van der Waals surface area contributed by atoms with Gasteiger partial charge in [-0.15, -0.1) is 0 Å². The maximum Gasteiger partial charge on any atom is 0.272 e. The number of hydrogen-bond acceptors (Lipinski definition) is 4. The molecule has 0 spiro atoms. The summed E-state index contributed by atoms with van der Waals surface area (Å²) >= 11 is 0. The lowest BCUT2D eigenvalue weighted by molar-refractivity contribution is -0.385. The van der Waals surface area contributed by atoms with E-state index in [4.69, 9.17) is 0 Å². The molecule has 0 aromatic heterocycles. The first kappa shape index (κ1) is 15.7. The van der Waals surface area contributed by atoms with Gasteiger partial charge in [0, 0.05) is 25.2 Å². The van der Waals surface area contributed by atoms with Crippen molar-refractivity contribution in [2.75, 3.05) is 25.0 Å². The number of halogens is 1. The summed E-state index contributed by atoms with van der Waals surface area (Å²) in [6, 6.07) is 4.00. The third kappa shape index (κ3) is 4.39. The van der Waals surface area contributed by atoms with E-state index in [-0.39, 0.29) is 11.7 Å². The van der Waals surface area contributed by atoms with Crippen molar-refractivity contribution in [1.82, 2.24) is 4.90 Å². The fraction of sp³-hybridized carbons (Fsp3) is 0.600. The zero-order chi connectivity index (χ0) is 15.2. The van der Waals surface area contributed by atoms with Gasteiger partial charge in [-0.2, -0.15) is 0 Å². The molecule has 1 fully saturated rings. The molecule has 0 unspecified atom stereocenters. The molecule has 21 heavy (non-hydrogen) atoms. The van der Waals surface area contributed by atoms with Crippen LogP contribution in [0.25, 0.3) is 0 Å². The van der Waals surface area contributed by atoms with Gasteiger partial charge in [0.05, 0.1) is 16.7 Å². The molecule has 0 amide bonds. The van der Waals surface area contributed by atoms with Gasteiger partial charge in [-0.3, -0.25) is 10.1 Å². The van der Waals surface area contributed by atoms with E-state index in [1.807, 2.05) is 0 Å². The van der Waals surface area contributed by atoms with Crippen molar-refractivity contribution in [1.29, 1.82) is 0 Å². The molecule has 1 aromatic rings. The molecule has 0 radical (unpaired) electrons. The van der Waals surface area contributed by atoms with Crippen LogP contribution in [0, 0.1) is 15.9 Å². The third-order valence-corrected chi connectivity index (χ3v) is 3.94. The Labute approximate surface area is 124 Å². The predicted molar refractivity (Wildman–Crippen MR) is 81.0 cm³/mol. The Hall–Kier alpha value is -1.69. The summed E-state index contributed by atoms with van der Waals surface area (Å²) in [5.74, 6) is -0.558. The lowest BCUT2D eigenvalue weighted by Gasteiger charge is -2.32. The Bertz CT molecular complexity index is 488. The summed E-state index contributed by atoms with van der Waals surface area (Å²) in [7, 11) is 0. The molecule has 6 heteroatoms. The summed E-state index contributed by atoms with van der Waals surface area (Å²) < 4.78 is 13.8. The number of unbranched alkanes of at least 4 members (excludes halogenated alkanes) is 1. The van der Waals surface area contributed by atoms with Crippen LogP contribution >= 0.6 is 0 Å². The average Bonchev–Trinajstić information content (AvgIpc) is 2.48. The van der Waals surface area contributed by atoms with Crippen molar-refractivity contribution in [3.8, 4) is 0 Å². The van der Waals surface area contributed by atoms with E-state index in [9.17, 15) is 14.5 Å². The van der Waals surface area contributed by atoms with Gasteiger partial charge in [0.1, 0.15) is 0 Å². The molecule has 2 rings (SSSR count). The number of nitrogens with one attached hydrogen (secondary N) is 1. The molecule has 1 N–H and O–H groups in total. The highest BCUT2D eigenvalue weighted by Crippen LogP contribution is 2.23. The Balaban J connectivity index is 1.87. The third-order valence-electron chi connectivity index (χ3n) is 3.94. The van der Waals surface area contributed by atoms with Crippen LogP contribution in [0.5, 0.6) is 0 Å². The number of nitro benzene ring substituents is 1.